The molecule has 0 aliphatic heterocycles. The Morgan fingerprint density at radius 1 is 1.30 bits per heavy atom. The Kier molecular flexibility index (Phi) is 3.85. The van der Waals surface area contributed by atoms with Gasteiger partial charge >= 0.3 is 5.97 Å². The number of hydrogen-bond acceptors (Lipinski definition) is 3. The van der Waals surface area contributed by atoms with Crippen LogP contribution in [-0.2, 0) is 0 Å². The number of carboxylic acid groups (broad SMARTS) is 1. The van der Waals surface area contributed by atoms with Gasteiger partial charge in [-0.25, -0.2) is 9.18 Å². The van der Waals surface area contributed by atoms with Crippen LogP contribution in [0.5, 0.6) is 0 Å². The van der Waals surface area contributed by atoms with E-state index in [1.54, 1.807) is 13.0 Å². The fourth-order valence-corrected chi connectivity index (χ4v) is 2.81. The number of thiophene rings is 1. The van der Waals surface area contributed by atoms with Gasteiger partial charge in [0.15, 0.2) is 0 Å². The van der Waals surface area contributed by atoms with E-state index < -0.39 is 23.3 Å². The van der Waals surface area contributed by atoms with Crippen molar-refractivity contribution in [2.75, 3.05) is 5.32 Å². The number of carboxylic acids is 1. The zero-order chi connectivity index (χ0) is 14.9. The predicted molar refractivity (Wildman–Crippen MR) is 75.1 cm³/mol. The molecule has 1 amide bonds. The second-order valence-electron chi connectivity index (χ2n) is 4.25. The van der Waals surface area contributed by atoms with Gasteiger partial charge in [0.05, 0.1) is 11.3 Å². The van der Waals surface area contributed by atoms with E-state index in [0.29, 0.717) is 5.56 Å². The summed E-state index contributed by atoms with van der Waals surface area (Å²) in [6, 6.07) is 5.47. The van der Waals surface area contributed by atoms with Gasteiger partial charge in [0.2, 0.25) is 0 Å². The molecule has 0 radical (unpaired) electrons. The van der Waals surface area contributed by atoms with Gasteiger partial charge in [0.1, 0.15) is 11.4 Å². The summed E-state index contributed by atoms with van der Waals surface area (Å²) < 4.78 is 13.5. The first-order chi connectivity index (χ1) is 9.40. The Morgan fingerprint density at radius 2 is 2.00 bits per heavy atom. The van der Waals surface area contributed by atoms with Crippen molar-refractivity contribution in [1.29, 1.82) is 0 Å². The molecule has 0 bridgehead atoms. The SMILES string of the molecule is Cc1cc(C(=O)Nc2cccc(F)c2C(=O)O)c(C)s1. The number of nitrogens with one attached hydrogen (secondary N) is 1. The minimum Gasteiger partial charge on any atom is -0.478 e. The lowest BCUT2D eigenvalue weighted by atomic mass is 10.1. The number of amides is 1. The van der Waals surface area contributed by atoms with E-state index >= 15 is 0 Å². The van der Waals surface area contributed by atoms with E-state index in [9.17, 15) is 14.0 Å². The lowest BCUT2D eigenvalue weighted by Gasteiger charge is -2.08. The van der Waals surface area contributed by atoms with Crippen molar-refractivity contribution in [3.8, 4) is 0 Å². The summed E-state index contributed by atoms with van der Waals surface area (Å²) in [5.41, 5.74) is -0.121. The zero-order valence-corrected chi connectivity index (χ0v) is 11.7. The number of aromatic carboxylic acids is 1. The number of benzene rings is 1. The highest BCUT2D eigenvalue weighted by atomic mass is 32.1. The highest BCUT2D eigenvalue weighted by Crippen LogP contribution is 2.24. The third kappa shape index (κ3) is 2.70. The molecule has 1 heterocycles. The van der Waals surface area contributed by atoms with E-state index in [1.165, 1.54) is 23.5 Å². The summed E-state index contributed by atoms with van der Waals surface area (Å²) in [6.45, 7) is 3.68. The van der Waals surface area contributed by atoms with Gasteiger partial charge in [-0.1, -0.05) is 6.07 Å². The van der Waals surface area contributed by atoms with Gasteiger partial charge in [-0.05, 0) is 32.0 Å². The van der Waals surface area contributed by atoms with E-state index in [1.807, 2.05) is 6.92 Å². The minimum atomic E-state index is -1.42. The lowest BCUT2D eigenvalue weighted by molar-refractivity contribution is 0.0693. The normalized spacial score (nSPS) is 10.3. The third-order valence-corrected chi connectivity index (χ3v) is 3.73. The summed E-state index contributed by atoms with van der Waals surface area (Å²) in [4.78, 5) is 25.0. The van der Waals surface area contributed by atoms with Crippen LogP contribution in [0.1, 0.15) is 30.5 Å². The monoisotopic (exact) mass is 293 g/mol. The predicted octanol–water partition coefficient (Wildman–Crippen LogP) is 3.45. The fraction of sp³-hybridized carbons (Fsp3) is 0.143. The number of aryl methyl sites for hydroxylation is 2. The molecular weight excluding hydrogens is 281 g/mol. The van der Waals surface area contributed by atoms with Crippen LogP contribution in [0.15, 0.2) is 24.3 Å². The smallest absolute Gasteiger partial charge is 0.340 e. The molecule has 6 heteroatoms. The van der Waals surface area contributed by atoms with E-state index in [-0.39, 0.29) is 5.69 Å². The largest absolute Gasteiger partial charge is 0.478 e. The third-order valence-electron chi connectivity index (χ3n) is 2.76. The summed E-state index contributed by atoms with van der Waals surface area (Å²) in [5, 5.41) is 11.4. The van der Waals surface area contributed by atoms with Crippen LogP contribution in [0.4, 0.5) is 10.1 Å². The van der Waals surface area contributed by atoms with Crippen molar-refractivity contribution >= 4 is 28.9 Å². The van der Waals surface area contributed by atoms with Crippen molar-refractivity contribution in [3.05, 3.63) is 51.0 Å². The highest BCUT2D eigenvalue weighted by molar-refractivity contribution is 7.12. The molecule has 2 N–H and O–H groups in total. The first kappa shape index (κ1) is 14.2. The van der Waals surface area contributed by atoms with Crippen LogP contribution in [-0.4, -0.2) is 17.0 Å². The maximum atomic E-state index is 13.5. The van der Waals surface area contributed by atoms with Crippen LogP contribution in [0.2, 0.25) is 0 Å². The van der Waals surface area contributed by atoms with Crippen molar-refractivity contribution in [1.82, 2.24) is 0 Å². The molecular formula is C14H12FNO3S. The number of hydrogen-bond donors (Lipinski definition) is 2. The minimum absolute atomic E-state index is 0.0502. The molecule has 4 nitrogen and oxygen atoms in total. The van der Waals surface area contributed by atoms with Crippen molar-refractivity contribution < 1.29 is 19.1 Å². The van der Waals surface area contributed by atoms with Crippen LogP contribution in [0.3, 0.4) is 0 Å². The molecule has 0 unspecified atom stereocenters. The fourth-order valence-electron chi connectivity index (χ4n) is 1.89. The molecule has 1 aromatic heterocycles. The molecule has 0 aliphatic rings. The van der Waals surface area contributed by atoms with E-state index in [0.717, 1.165) is 15.8 Å². The maximum Gasteiger partial charge on any atom is 0.340 e. The lowest BCUT2D eigenvalue weighted by Crippen LogP contribution is -2.16. The van der Waals surface area contributed by atoms with Gasteiger partial charge in [0.25, 0.3) is 5.91 Å². The molecule has 0 spiro atoms. The first-order valence-corrected chi connectivity index (χ1v) is 6.62. The second kappa shape index (κ2) is 5.42. The van der Waals surface area contributed by atoms with E-state index in [4.69, 9.17) is 5.11 Å². The molecule has 20 heavy (non-hydrogen) atoms. The first-order valence-electron chi connectivity index (χ1n) is 5.80. The van der Waals surface area contributed by atoms with Crippen LogP contribution in [0, 0.1) is 19.7 Å². The molecule has 0 saturated carbocycles. The van der Waals surface area contributed by atoms with Crippen molar-refractivity contribution in [3.63, 3.8) is 0 Å². The van der Waals surface area contributed by atoms with Crippen LogP contribution >= 0.6 is 11.3 Å². The maximum absolute atomic E-state index is 13.5. The van der Waals surface area contributed by atoms with Gasteiger partial charge in [-0.3, -0.25) is 4.79 Å². The average molecular weight is 293 g/mol. The molecule has 1 aromatic carbocycles. The molecule has 0 aliphatic carbocycles. The molecule has 2 rings (SSSR count). The Hall–Kier alpha value is -2.21. The number of carbonyl (C=O) groups is 2. The number of halogens is 1. The standard InChI is InChI=1S/C14H12FNO3S/c1-7-6-9(8(2)20-7)13(17)16-11-5-3-4-10(15)12(11)14(18)19/h3-6H,1-2H3,(H,16,17)(H,18,19). The highest BCUT2D eigenvalue weighted by Gasteiger charge is 2.19. The average Bonchev–Trinajstić information content (AvgIpc) is 2.68. The summed E-state index contributed by atoms with van der Waals surface area (Å²) in [7, 11) is 0. The number of rotatable bonds is 3. The zero-order valence-electron chi connectivity index (χ0n) is 10.9. The molecule has 0 saturated heterocycles. The van der Waals surface area contributed by atoms with Gasteiger partial charge in [-0.2, -0.15) is 0 Å². The topological polar surface area (TPSA) is 66.4 Å². The Bertz CT molecular complexity index is 694. The molecule has 0 fully saturated rings. The van der Waals surface area contributed by atoms with Crippen LogP contribution < -0.4 is 5.32 Å². The van der Waals surface area contributed by atoms with Gasteiger partial charge < -0.3 is 10.4 Å². The molecule has 2 aromatic rings. The Labute approximate surface area is 118 Å². The number of carbonyl (C=O) groups excluding carboxylic acids is 1. The van der Waals surface area contributed by atoms with E-state index in [2.05, 4.69) is 5.32 Å². The quantitative estimate of drug-likeness (QED) is 0.910. The Balaban J connectivity index is 2.36. The second-order valence-corrected chi connectivity index (χ2v) is 5.71. The summed E-state index contributed by atoms with van der Waals surface area (Å²) >= 11 is 1.47. The van der Waals surface area contributed by atoms with Gasteiger partial charge in [-0.15, -0.1) is 11.3 Å². The summed E-state index contributed by atoms with van der Waals surface area (Å²) in [5.74, 6) is -2.75. The van der Waals surface area contributed by atoms with Crippen LogP contribution in [0.25, 0.3) is 0 Å². The summed E-state index contributed by atoms with van der Waals surface area (Å²) in [6.07, 6.45) is 0. The van der Waals surface area contributed by atoms with Crippen molar-refractivity contribution in [2.45, 2.75) is 13.8 Å². The molecule has 104 valence electrons. The number of anilines is 1. The Morgan fingerprint density at radius 3 is 2.55 bits per heavy atom. The molecule has 0 atom stereocenters. The van der Waals surface area contributed by atoms with Gasteiger partial charge in [0, 0.05) is 9.75 Å². The van der Waals surface area contributed by atoms with Crippen molar-refractivity contribution in [2.24, 2.45) is 0 Å².